The zero-order valence-electron chi connectivity index (χ0n) is 19.5. The number of carbonyl (C=O) groups is 1. The minimum atomic E-state index is -0.492. The molecule has 1 aliphatic rings. The Morgan fingerprint density at radius 1 is 1.23 bits per heavy atom. The summed E-state index contributed by atoms with van der Waals surface area (Å²) in [5.74, 6) is 1.02. The number of hydrogen-bond donors (Lipinski definition) is 3. The summed E-state index contributed by atoms with van der Waals surface area (Å²) in [6.45, 7) is 4.10. The van der Waals surface area contributed by atoms with Crippen molar-refractivity contribution in [2.75, 3.05) is 25.6 Å². The molecule has 0 bridgehead atoms. The number of aromatic nitrogens is 2. The first-order chi connectivity index (χ1) is 16.9. The van der Waals surface area contributed by atoms with Crippen LogP contribution < -0.4 is 30.0 Å². The van der Waals surface area contributed by atoms with Crippen LogP contribution in [-0.4, -0.2) is 36.4 Å². The number of nitriles is 1. The van der Waals surface area contributed by atoms with Crippen molar-refractivity contribution in [3.8, 4) is 29.2 Å². The van der Waals surface area contributed by atoms with Crippen molar-refractivity contribution in [2.24, 2.45) is 5.73 Å². The highest BCUT2D eigenvalue weighted by atomic mass is 16.5. The summed E-state index contributed by atoms with van der Waals surface area (Å²) >= 11 is 0. The molecule has 0 aliphatic carbocycles. The molecule has 2 aromatic carbocycles. The standard InChI is InChI=1S/C25H25N5O5/c1-4-33-17-8-6-16(7-9-17)28-21(31)13-34-19-10-5-15(11-20(19)32-3)23-18(12-26)24(27)35-25-22(23)14(2)29-30-25/h5-11,23H,4,13,27H2,1-3H3,(H,28,31)(H,29,30). The molecule has 35 heavy (non-hydrogen) atoms. The van der Waals surface area contributed by atoms with E-state index < -0.39 is 5.92 Å². The number of anilines is 1. The van der Waals surface area contributed by atoms with E-state index in [1.807, 2.05) is 13.8 Å². The van der Waals surface area contributed by atoms with Gasteiger partial charge in [0.25, 0.3) is 5.91 Å². The third-order valence-corrected chi connectivity index (χ3v) is 5.46. The van der Waals surface area contributed by atoms with Gasteiger partial charge in [-0.15, -0.1) is 5.10 Å². The predicted octanol–water partition coefficient (Wildman–Crippen LogP) is 3.36. The van der Waals surface area contributed by atoms with Crippen LogP contribution >= 0.6 is 0 Å². The first-order valence-electron chi connectivity index (χ1n) is 10.9. The number of nitrogens with one attached hydrogen (secondary N) is 2. The average molecular weight is 476 g/mol. The van der Waals surface area contributed by atoms with Gasteiger partial charge < -0.3 is 30.0 Å². The number of hydrogen-bond acceptors (Lipinski definition) is 8. The molecule has 0 saturated heterocycles. The van der Waals surface area contributed by atoms with Gasteiger partial charge in [0.2, 0.25) is 11.8 Å². The van der Waals surface area contributed by atoms with Crippen LogP contribution in [0.5, 0.6) is 23.1 Å². The van der Waals surface area contributed by atoms with Gasteiger partial charge in [0.05, 0.1) is 19.6 Å². The Balaban J connectivity index is 1.50. The number of aryl methyl sites for hydroxylation is 1. The third kappa shape index (κ3) is 4.84. The van der Waals surface area contributed by atoms with Crippen molar-refractivity contribution < 1.29 is 23.7 Å². The molecule has 10 heteroatoms. The summed E-state index contributed by atoms with van der Waals surface area (Å²) in [5.41, 5.74) is 9.10. The van der Waals surface area contributed by atoms with Crippen LogP contribution in [0.25, 0.3) is 0 Å². The lowest BCUT2D eigenvalue weighted by atomic mass is 9.84. The van der Waals surface area contributed by atoms with Crippen molar-refractivity contribution in [3.63, 3.8) is 0 Å². The number of fused-ring (bicyclic) bond motifs is 1. The molecule has 2 heterocycles. The van der Waals surface area contributed by atoms with E-state index in [0.29, 0.717) is 29.7 Å². The maximum Gasteiger partial charge on any atom is 0.262 e. The van der Waals surface area contributed by atoms with Gasteiger partial charge in [-0.3, -0.25) is 9.89 Å². The number of amides is 1. The van der Waals surface area contributed by atoms with Gasteiger partial charge in [-0.2, -0.15) is 5.26 Å². The molecule has 1 aromatic heterocycles. The third-order valence-electron chi connectivity index (χ3n) is 5.46. The van der Waals surface area contributed by atoms with E-state index in [9.17, 15) is 10.1 Å². The summed E-state index contributed by atoms with van der Waals surface area (Å²) in [7, 11) is 1.50. The first-order valence-corrected chi connectivity index (χ1v) is 10.9. The second-order valence-corrected chi connectivity index (χ2v) is 7.70. The van der Waals surface area contributed by atoms with Crippen molar-refractivity contribution in [2.45, 2.75) is 19.8 Å². The lowest BCUT2D eigenvalue weighted by Gasteiger charge is -2.24. The second kappa shape index (κ2) is 10.1. The van der Waals surface area contributed by atoms with E-state index in [2.05, 4.69) is 21.6 Å². The lowest BCUT2D eigenvalue weighted by molar-refractivity contribution is -0.118. The van der Waals surface area contributed by atoms with Crippen LogP contribution in [-0.2, 0) is 4.79 Å². The Morgan fingerprint density at radius 2 is 2.00 bits per heavy atom. The average Bonchev–Trinajstić information content (AvgIpc) is 3.23. The van der Waals surface area contributed by atoms with E-state index in [4.69, 9.17) is 24.7 Å². The molecule has 0 fully saturated rings. The monoisotopic (exact) mass is 475 g/mol. The van der Waals surface area contributed by atoms with E-state index in [1.54, 1.807) is 42.5 Å². The Labute approximate surface area is 202 Å². The molecule has 4 rings (SSSR count). The van der Waals surface area contributed by atoms with Crippen LogP contribution in [0.4, 0.5) is 5.69 Å². The van der Waals surface area contributed by atoms with Crippen molar-refractivity contribution in [1.82, 2.24) is 10.2 Å². The first kappa shape index (κ1) is 23.5. The summed E-state index contributed by atoms with van der Waals surface area (Å²) in [4.78, 5) is 12.4. The van der Waals surface area contributed by atoms with Crippen molar-refractivity contribution >= 4 is 11.6 Å². The van der Waals surface area contributed by atoms with Gasteiger partial charge in [-0.1, -0.05) is 6.07 Å². The quantitative estimate of drug-likeness (QED) is 0.450. The molecule has 4 N–H and O–H groups in total. The lowest BCUT2D eigenvalue weighted by Crippen LogP contribution is -2.21. The fourth-order valence-corrected chi connectivity index (χ4v) is 3.86. The number of nitrogens with two attached hydrogens (primary N) is 1. The number of aromatic amines is 1. The highest BCUT2D eigenvalue weighted by Gasteiger charge is 2.34. The van der Waals surface area contributed by atoms with Gasteiger partial charge >= 0.3 is 0 Å². The number of allylic oxidation sites excluding steroid dienone is 1. The predicted molar refractivity (Wildman–Crippen MR) is 127 cm³/mol. The van der Waals surface area contributed by atoms with Crippen LogP contribution in [0.15, 0.2) is 53.9 Å². The number of methoxy groups -OCH3 is 1. The summed E-state index contributed by atoms with van der Waals surface area (Å²) in [5, 5.41) is 19.5. The molecule has 0 radical (unpaired) electrons. The number of ether oxygens (including phenoxy) is 4. The smallest absolute Gasteiger partial charge is 0.262 e. The van der Waals surface area contributed by atoms with Crippen LogP contribution in [0.2, 0.25) is 0 Å². The topological polar surface area (TPSA) is 145 Å². The molecule has 1 atom stereocenters. The van der Waals surface area contributed by atoms with Gasteiger partial charge in [0.1, 0.15) is 17.4 Å². The maximum absolute atomic E-state index is 12.4. The maximum atomic E-state index is 12.4. The molecule has 0 saturated carbocycles. The van der Waals surface area contributed by atoms with Gasteiger partial charge in [-0.25, -0.2) is 0 Å². The molecule has 180 valence electrons. The Kier molecular flexibility index (Phi) is 6.78. The molecule has 1 unspecified atom stereocenters. The largest absolute Gasteiger partial charge is 0.494 e. The molecule has 1 amide bonds. The van der Waals surface area contributed by atoms with Gasteiger partial charge in [-0.05, 0) is 55.8 Å². The van der Waals surface area contributed by atoms with E-state index in [-0.39, 0.29) is 24.0 Å². The molecule has 0 spiro atoms. The highest BCUT2D eigenvalue weighted by molar-refractivity contribution is 5.91. The van der Waals surface area contributed by atoms with Crippen LogP contribution in [0.1, 0.15) is 29.7 Å². The summed E-state index contributed by atoms with van der Waals surface area (Å²) < 4.78 is 22.1. The second-order valence-electron chi connectivity index (χ2n) is 7.70. The molecular formula is C25H25N5O5. The molecule has 1 aliphatic heterocycles. The zero-order valence-corrected chi connectivity index (χ0v) is 19.5. The van der Waals surface area contributed by atoms with Crippen molar-refractivity contribution in [3.05, 3.63) is 70.7 Å². The van der Waals surface area contributed by atoms with Crippen LogP contribution in [0.3, 0.4) is 0 Å². The molecular weight excluding hydrogens is 450 g/mol. The fourth-order valence-electron chi connectivity index (χ4n) is 3.86. The minimum Gasteiger partial charge on any atom is -0.494 e. The molecule has 3 aromatic rings. The SMILES string of the molecule is CCOc1ccc(NC(=O)COc2ccc(C3C(C#N)=C(N)Oc4n[nH]c(C)c43)cc2OC)cc1. The fraction of sp³-hybridized carbons (Fsp3) is 0.240. The van der Waals surface area contributed by atoms with Gasteiger partial charge in [0.15, 0.2) is 18.1 Å². The van der Waals surface area contributed by atoms with E-state index in [1.165, 1.54) is 7.11 Å². The number of rotatable bonds is 8. The number of carbonyl (C=O) groups excluding carboxylic acids is 1. The van der Waals surface area contributed by atoms with Crippen molar-refractivity contribution in [1.29, 1.82) is 5.26 Å². The van der Waals surface area contributed by atoms with E-state index in [0.717, 1.165) is 22.6 Å². The number of H-pyrrole nitrogens is 1. The summed E-state index contributed by atoms with van der Waals surface area (Å²) in [6, 6.07) is 14.4. The normalized spacial score (nSPS) is 14.4. The Bertz CT molecular complexity index is 1310. The zero-order chi connectivity index (χ0) is 24.9. The molecule has 10 nitrogen and oxygen atoms in total. The summed E-state index contributed by atoms with van der Waals surface area (Å²) in [6.07, 6.45) is 0. The van der Waals surface area contributed by atoms with E-state index >= 15 is 0 Å². The van der Waals surface area contributed by atoms with Crippen LogP contribution in [0, 0.1) is 18.3 Å². The highest BCUT2D eigenvalue weighted by Crippen LogP contribution is 2.44. The number of nitrogens with zero attached hydrogens (tertiary/aromatic N) is 2. The minimum absolute atomic E-state index is 0.00162. The number of benzene rings is 2. The Morgan fingerprint density at radius 3 is 2.69 bits per heavy atom. The Hall–Kier alpha value is -4.65. The van der Waals surface area contributed by atoms with Gasteiger partial charge in [0, 0.05) is 16.9 Å².